The van der Waals surface area contributed by atoms with E-state index in [1.807, 2.05) is 6.92 Å². The molecule has 9 atom stereocenters. The van der Waals surface area contributed by atoms with Gasteiger partial charge in [-0.25, -0.2) is 4.79 Å². The van der Waals surface area contributed by atoms with Crippen LogP contribution in [0.3, 0.4) is 0 Å². The highest BCUT2D eigenvalue weighted by Crippen LogP contribution is 2.78. The SMILES string of the molecule is C/C=C(/C)C(=O)O[C@@H]1CC(C)(C)C[C@H]2C3=CC[C@@H]4[C@]56CCC(O)(OC5)C(C)(C)[C@@H]6CC[C@@]4(C)[C@]3(C)CC[C@@]12C(=O)O. The summed E-state index contributed by atoms with van der Waals surface area (Å²) in [5, 5.41) is 22.4. The molecule has 2 aliphatic heterocycles. The van der Waals surface area contributed by atoms with Crippen LogP contribution >= 0.6 is 0 Å². The van der Waals surface area contributed by atoms with Gasteiger partial charge in [-0.05, 0) is 93.3 Å². The van der Waals surface area contributed by atoms with Crippen LogP contribution in [0.5, 0.6) is 0 Å². The number of esters is 1. The summed E-state index contributed by atoms with van der Waals surface area (Å²) < 4.78 is 12.5. The molecule has 5 aliphatic carbocycles. The summed E-state index contributed by atoms with van der Waals surface area (Å²) in [5.41, 5.74) is 0.153. The first-order valence-corrected chi connectivity index (χ1v) is 16.1. The molecule has 1 spiro atoms. The lowest BCUT2D eigenvalue weighted by molar-refractivity contribution is -0.395. The predicted octanol–water partition coefficient (Wildman–Crippen LogP) is 7.06. The smallest absolute Gasteiger partial charge is 0.333 e. The van der Waals surface area contributed by atoms with Gasteiger partial charge in [0.1, 0.15) is 11.5 Å². The number of aliphatic carboxylic acids is 1. The zero-order valence-corrected chi connectivity index (χ0v) is 26.6. The Morgan fingerprint density at radius 1 is 1.00 bits per heavy atom. The number of carboxylic acids is 1. The van der Waals surface area contributed by atoms with Crippen molar-refractivity contribution in [3.63, 3.8) is 0 Å². The lowest BCUT2D eigenvalue weighted by Gasteiger charge is -2.74. The molecule has 7 aliphatic rings. The summed E-state index contributed by atoms with van der Waals surface area (Å²) in [6.07, 6.45) is 10.9. The fourth-order valence-corrected chi connectivity index (χ4v) is 11.7. The Labute approximate surface area is 246 Å². The van der Waals surface area contributed by atoms with E-state index in [1.165, 1.54) is 5.57 Å². The number of carboxylic acid groups (broad SMARTS) is 1. The Balaban J connectivity index is 1.44. The number of rotatable bonds is 3. The molecule has 0 aromatic rings. The fourth-order valence-electron chi connectivity index (χ4n) is 11.7. The van der Waals surface area contributed by atoms with Crippen LogP contribution in [0.2, 0.25) is 0 Å². The van der Waals surface area contributed by atoms with Crippen molar-refractivity contribution in [3.8, 4) is 0 Å². The molecule has 2 N–H and O–H groups in total. The van der Waals surface area contributed by atoms with Crippen LogP contribution in [0.1, 0.15) is 113 Å². The van der Waals surface area contributed by atoms with Crippen molar-refractivity contribution in [3.05, 3.63) is 23.3 Å². The third-order valence-corrected chi connectivity index (χ3v) is 14.5. The minimum absolute atomic E-state index is 0.000216. The number of ether oxygens (including phenoxy) is 2. The van der Waals surface area contributed by atoms with E-state index in [1.54, 1.807) is 13.0 Å². The van der Waals surface area contributed by atoms with Crippen LogP contribution in [0.15, 0.2) is 23.3 Å². The van der Waals surface area contributed by atoms with Gasteiger partial charge in [-0.15, -0.1) is 0 Å². The molecule has 0 amide bonds. The molecular formula is C35H52O6. The molecule has 0 aromatic carbocycles. The number of carbonyl (C=O) groups is 2. The Kier molecular flexibility index (Phi) is 6.25. The molecule has 228 valence electrons. The van der Waals surface area contributed by atoms with Gasteiger partial charge in [0, 0.05) is 28.7 Å². The van der Waals surface area contributed by atoms with Crippen molar-refractivity contribution in [1.82, 2.24) is 0 Å². The zero-order chi connectivity index (χ0) is 30.0. The van der Waals surface area contributed by atoms with Gasteiger partial charge in [-0.3, -0.25) is 4.79 Å². The average molecular weight is 569 g/mol. The van der Waals surface area contributed by atoms with Crippen LogP contribution in [-0.4, -0.2) is 40.6 Å². The zero-order valence-electron chi connectivity index (χ0n) is 26.6. The standard InChI is InChI=1S/C35H52O6/c1-9-21(2)27(36)41-26-19-29(3,4)18-23-22-10-11-25-32(8,31(22,7)14-16-34(23,26)28(37)38)13-12-24-30(5,6)35(39)17-15-33(24,25)20-40-35/h9-10,23-26,39H,11-20H2,1-8H3,(H,37,38)/b21-9-/t23-,24-,25-,26+,31+,32+,33+,34-,35?/m0/s1. The van der Waals surface area contributed by atoms with Crippen molar-refractivity contribution in [2.75, 3.05) is 6.61 Å². The molecule has 0 aromatic heterocycles. The Morgan fingerprint density at radius 3 is 2.32 bits per heavy atom. The van der Waals surface area contributed by atoms with Gasteiger partial charge in [0.25, 0.3) is 0 Å². The van der Waals surface area contributed by atoms with Crippen molar-refractivity contribution >= 4 is 11.9 Å². The summed E-state index contributed by atoms with van der Waals surface area (Å²) in [4.78, 5) is 26.4. The summed E-state index contributed by atoms with van der Waals surface area (Å²) in [7, 11) is 0. The minimum Gasteiger partial charge on any atom is -0.481 e. The first kappa shape index (κ1) is 29.4. The molecule has 41 heavy (non-hydrogen) atoms. The number of hydrogen-bond donors (Lipinski definition) is 2. The number of allylic oxidation sites excluding steroid dienone is 3. The van der Waals surface area contributed by atoms with Crippen LogP contribution in [-0.2, 0) is 19.1 Å². The molecule has 6 nitrogen and oxygen atoms in total. The molecular weight excluding hydrogens is 516 g/mol. The average Bonchev–Trinajstić information content (AvgIpc) is 2.88. The van der Waals surface area contributed by atoms with Gasteiger partial charge >= 0.3 is 11.9 Å². The van der Waals surface area contributed by atoms with Crippen LogP contribution in [0.4, 0.5) is 0 Å². The second kappa shape index (κ2) is 8.71. The van der Waals surface area contributed by atoms with E-state index < -0.39 is 29.2 Å². The molecule has 4 saturated carbocycles. The topological polar surface area (TPSA) is 93.1 Å². The van der Waals surface area contributed by atoms with Crippen LogP contribution < -0.4 is 0 Å². The van der Waals surface area contributed by atoms with Gasteiger partial charge in [0.15, 0.2) is 5.79 Å². The van der Waals surface area contributed by atoms with Crippen molar-refractivity contribution < 1.29 is 29.3 Å². The maximum atomic E-state index is 13.4. The van der Waals surface area contributed by atoms with Crippen LogP contribution in [0.25, 0.3) is 0 Å². The van der Waals surface area contributed by atoms with Gasteiger partial charge in [0.05, 0.1) is 6.61 Å². The maximum absolute atomic E-state index is 13.4. The molecule has 7 rings (SSSR count). The van der Waals surface area contributed by atoms with Crippen molar-refractivity contribution in [1.29, 1.82) is 0 Å². The minimum atomic E-state index is -1.11. The maximum Gasteiger partial charge on any atom is 0.333 e. The summed E-state index contributed by atoms with van der Waals surface area (Å²) in [5.74, 6) is -1.60. The second-order valence-corrected chi connectivity index (χ2v) is 16.7. The fraction of sp³-hybridized carbons (Fsp3) is 0.829. The van der Waals surface area contributed by atoms with Gasteiger partial charge in [-0.1, -0.05) is 59.3 Å². The van der Waals surface area contributed by atoms with E-state index in [4.69, 9.17) is 9.47 Å². The number of aliphatic hydroxyl groups is 1. The van der Waals surface area contributed by atoms with Gasteiger partial charge in [0.2, 0.25) is 0 Å². The van der Waals surface area contributed by atoms with E-state index in [0.29, 0.717) is 43.3 Å². The molecule has 2 bridgehead atoms. The third-order valence-electron chi connectivity index (χ3n) is 14.5. The lowest BCUT2D eigenvalue weighted by Crippen LogP contribution is -2.73. The quantitative estimate of drug-likeness (QED) is 0.215. The van der Waals surface area contributed by atoms with Crippen molar-refractivity contribution in [2.45, 2.75) is 125 Å². The van der Waals surface area contributed by atoms with E-state index in [-0.39, 0.29) is 33.0 Å². The Hall–Kier alpha value is -1.66. The molecule has 6 fully saturated rings. The summed E-state index contributed by atoms with van der Waals surface area (Å²) in [6.45, 7) is 17.9. The monoisotopic (exact) mass is 568 g/mol. The first-order valence-electron chi connectivity index (χ1n) is 16.1. The van der Waals surface area contributed by atoms with Gasteiger partial charge < -0.3 is 19.7 Å². The molecule has 6 heteroatoms. The highest BCUT2D eigenvalue weighted by molar-refractivity contribution is 5.88. The number of fused-ring (bicyclic) bond motifs is 7. The highest BCUT2D eigenvalue weighted by atomic mass is 16.6. The van der Waals surface area contributed by atoms with E-state index in [0.717, 1.165) is 38.5 Å². The summed E-state index contributed by atoms with van der Waals surface area (Å²) in [6, 6.07) is 0. The number of hydrogen-bond acceptors (Lipinski definition) is 5. The summed E-state index contributed by atoms with van der Waals surface area (Å²) >= 11 is 0. The lowest BCUT2D eigenvalue weighted by atomic mass is 9.32. The van der Waals surface area contributed by atoms with E-state index >= 15 is 0 Å². The van der Waals surface area contributed by atoms with E-state index in [2.05, 4.69) is 47.6 Å². The van der Waals surface area contributed by atoms with Gasteiger partial charge in [-0.2, -0.15) is 0 Å². The highest BCUT2D eigenvalue weighted by Gasteiger charge is 2.75. The molecule has 0 radical (unpaired) electrons. The number of carbonyl (C=O) groups excluding carboxylic acids is 1. The normalized spacial score (nSPS) is 49.5. The van der Waals surface area contributed by atoms with E-state index in [9.17, 15) is 19.8 Å². The largest absolute Gasteiger partial charge is 0.481 e. The van der Waals surface area contributed by atoms with Crippen molar-refractivity contribution in [2.24, 2.45) is 50.2 Å². The first-order chi connectivity index (χ1) is 18.9. The third kappa shape index (κ3) is 3.50. The predicted molar refractivity (Wildman–Crippen MR) is 157 cm³/mol. The molecule has 2 heterocycles. The molecule has 1 unspecified atom stereocenters. The molecule has 2 saturated heterocycles. The Morgan fingerprint density at radius 2 is 1.71 bits per heavy atom. The second-order valence-electron chi connectivity index (χ2n) is 16.7. The van der Waals surface area contributed by atoms with Crippen LogP contribution in [0, 0.1) is 50.2 Å². The Bertz CT molecular complexity index is 1220.